The molecule has 0 atom stereocenters. The predicted octanol–water partition coefficient (Wildman–Crippen LogP) is -1.60. The van der Waals surface area contributed by atoms with Gasteiger partial charge in [-0.15, -0.1) is 0 Å². The zero-order chi connectivity index (χ0) is 4.50. The molecule has 0 unspecified atom stereocenters. The smallest absolute Gasteiger partial charge is 0.786 e. The molecule has 0 fully saturated rings. The van der Waals surface area contributed by atoms with Crippen molar-refractivity contribution in [3.63, 3.8) is 0 Å². The van der Waals surface area contributed by atoms with Gasteiger partial charge in [0.2, 0.25) is 0 Å². The molecule has 0 N–H and O–H groups in total. The van der Waals surface area contributed by atoms with Crippen LogP contribution in [0.3, 0.4) is 0 Å². The second kappa shape index (κ2) is 2.43. The van der Waals surface area contributed by atoms with Crippen molar-refractivity contribution in [2.45, 2.75) is 0 Å². The molecule has 0 bridgehead atoms. The van der Waals surface area contributed by atoms with Gasteiger partial charge in [0.15, 0.2) is 0 Å². The number of rotatable bonds is 0. The van der Waals surface area contributed by atoms with Crippen molar-refractivity contribution >= 4 is 18.0 Å². The molecule has 0 saturated carbocycles. The Labute approximate surface area is 37.7 Å². The number of hydrogen-bond donors (Lipinski definition) is 0. The normalized spacial score (nSPS) is 9.83. The second-order valence-electron chi connectivity index (χ2n) is 0.431. The van der Waals surface area contributed by atoms with Gasteiger partial charge in [0.05, 0.1) is 0 Å². The summed E-state index contributed by atoms with van der Waals surface area (Å²) in [6, 6.07) is 0. The molecule has 0 aromatic rings. The molecular weight excluding hydrogens is 107 g/mol. The van der Waals surface area contributed by atoms with E-state index < -0.39 is 7.91 Å². The topological polar surface area (TPSA) is 63.2 Å². The van der Waals surface area contributed by atoms with Crippen LogP contribution in [0, 0.1) is 0 Å². The Morgan fingerprint density at radius 3 is 1.50 bits per heavy atom. The molecule has 0 aromatic heterocycles. The molecule has 0 heterocycles. The van der Waals surface area contributed by atoms with Crippen LogP contribution in [0.15, 0.2) is 0 Å². The minimum absolute atomic E-state index is 0. The van der Waals surface area contributed by atoms with Gasteiger partial charge in [0.1, 0.15) is 7.91 Å². The van der Waals surface area contributed by atoms with Gasteiger partial charge in [0, 0.05) is 0 Å². The SMILES string of the molecule is O=P([O-])([O-])F.[Be+2]. The minimum Gasteiger partial charge on any atom is -0.786 e. The van der Waals surface area contributed by atoms with Crippen LogP contribution in [0.4, 0.5) is 4.20 Å². The first-order chi connectivity index (χ1) is 2.00. The minimum atomic E-state index is -5.64. The Hall–Kier alpha value is 0.249. The van der Waals surface area contributed by atoms with Crippen LogP contribution in [-0.4, -0.2) is 10.1 Å². The van der Waals surface area contributed by atoms with E-state index in [0.717, 1.165) is 0 Å². The van der Waals surface area contributed by atoms with E-state index in [0.29, 0.717) is 0 Å². The van der Waals surface area contributed by atoms with Crippen molar-refractivity contribution < 1.29 is 18.5 Å². The summed E-state index contributed by atoms with van der Waals surface area (Å²) in [5.41, 5.74) is 0. The molecule has 0 aliphatic heterocycles. The Balaban J connectivity index is 0. The zero-order valence-corrected chi connectivity index (χ0v) is 3.65. The van der Waals surface area contributed by atoms with Gasteiger partial charge in [-0.25, -0.2) is 4.20 Å². The summed E-state index contributed by atoms with van der Waals surface area (Å²) in [5, 5.41) is 0. The quantitative estimate of drug-likeness (QED) is 0.276. The molecule has 0 spiro atoms. The van der Waals surface area contributed by atoms with Gasteiger partial charge in [-0.3, -0.25) is 0 Å². The molecular formula is BeFO3P. The van der Waals surface area contributed by atoms with Crippen molar-refractivity contribution in [3.8, 4) is 0 Å². The predicted molar refractivity (Wildman–Crippen MR) is 14.5 cm³/mol. The van der Waals surface area contributed by atoms with Gasteiger partial charge in [-0.2, -0.15) is 0 Å². The average Bonchev–Trinajstić information content (AvgIpc) is 0.722. The van der Waals surface area contributed by atoms with Crippen molar-refractivity contribution in [2.24, 2.45) is 0 Å². The van der Waals surface area contributed by atoms with E-state index in [9.17, 15) is 4.20 Å². The molecule has 32 valence electrons. The third-order valence-electron chi connectivity index (χ3n) is 0. The van der Waals surface area contributed by atoms with Crippen LogP contribution in [0.25, 0.3) is 0 Å². The second-order valence-corrected chi connectivity index (χ2v) is 1.29. The summed E-state index contributed by atoms with van der Waals surface area (Å²) in [4.78, 5) is 16.9. The molecule has 0 aliphatic rings. The monoisotopic (exact) mass is 107 g/mol. The van der Waals surface area contributed by atoms with Crippen molar-refractivity contribution in [2.75, 3.05) is 0 Å². The maximum atomic E-state index is 10.1. The van der Waals surface area contributed by atoms with Crippen LogP contribution >= 0.6 is 7.91 Å². The first-order valence-electron chi connectivity index (χ1n) is 0.717. The fourth-order valence-corrected chi connectivity index (χ4v) is 0. The van der Waals surface area contributed by atoms with Crippen LogP contribution in [0.5, 0.6) is 0 Å². The Kier molecular flexibility index (Phi) is 3.86. The van der Waals surface area contributed by atoms with Crippen LogP contribution in [0.1, 0.15) is 0 Å². The molecule has 0 saturated heterocycles. The van der Waals surface area contributed by atoms with Gasteiger partial charge in [0.25, 0.3) is 0 Å². The Bertz CT molecular complexity index is 56.9. The summed E-state index contributed by atoms with van der Waals surface area (Å²) >= 11 is 0. The van der Waals surface area contributed by atoms with Crippen LogP contribution < -0.4 is 9.79 Å². The molecule has 3 nitrogen and oxygen atoms in total. The first-order valence-corrected chi connectivity index (χ1v) is 2.15. The standard InChI is InChI=1S/Be.FH2O3P/c;1-5(2,3)4/h;(H2,2,3,4)/q+2;/p-2. The number of hydrogen-bond acceptors (Lipinski definition) is 3. The van der Waals surface area contributed by atoms with Crippen molar-refractivity contribution in [3.05, 3.63) is 0 Å². The maximum absolute atomic E-state index is 10.1. The number of halogens is 1. The molecule has 6 heavy (non-hydrogen) atoms. The van der Waals surface area contributed by atoms with E-state index >= 15 is 0 Å². The van der Waals surface area contributed by atoms with Gasteiger partial charge >= 0.3 is 10.1 Å². The maximum Gasteiger partial charge on any atom is 2.00 e. The van der Waals surface area contributed by atoms with Gasteiger partial charge < -0.3 is 14.4 Å². The Morgan fingerprint density at radius 2 is 1.50 bits per heavy atom. The summed E-state index contributed by atoms with van der Waals surface area (Å²) in [6.45, 7) is 0. The molecule has 0 aromatic carbocycles. The summed E-state index contributed by atoms with van der Waals surface area (Å²) in [6.07, 6.45) is 0. The van der Waals surface area contributed by atoms with Crippen molar-refractivity contribution in [1.82, 2.24) is 0 Å². The molecule has 0 rings (SSSR count). The van der Waals surface area contributed by atoms with E-state index in [1.165, 1.54) is 0 Å². The van der Waals surface area contributed by atoms with E-state index in [2.05, 4.69) is 0 Å². The van der Waals surface area contributed by atoms with E-state index in [1.54, 1.807) is 0 Å². The van der Waals surface area contributed by atoms with Crippen LogP contribution in [-0.2, 0) is 4.57 Å². The molecule has 0 aliphatic carbocycles. The van der Waals surface area contributed by atoms with Crippen molar-refractivity contribution in [1.29, 1.82) is 0 Å². The first kappa shape index (κ1) is 9.54. The third-order valence-corrected chi connectivity index (χ3v) is 0. The molecule has 0 amide bonds. The summed E-state index contributed by atoms with van der Waals surface area (Å²) < 4.78 is 18.6. The van der Waals surface area contributed by atoms with E-state index in [-0.39, 0.29) is 10.1 Å². The van der Waals surface area contributed by atoms with Gasteiger partial charge in [-0.1, -0.05) is 0 Å². The average molecular weight is 107 g/mol. The molecule has 6 heteroatoms. The summed E-state index contributed by atoms with van der Waals surface area (Å²) in [7, 11) is -5.64. The fraction of sp³-hybridized carbons (Fsp3) is 0. The zero-order valence-electron chi connectivity index (χ0n) is 2.76. The summed E-state index contributed by atoms with van der Waals surface area (Å²) in [5.74, 6) is 0. The fourth-order valence-electron chi connectivity index (χ4n) is 0. The largest absolute Gasteiger partial charge is 2.00 e. The molecule has 0 radical (unpaired) electrons. The van der Waals surface area contributed by atoms with E-state index in [1.807, 2.05) is 0 Å². The van der Waals surface area contributed by atoms with Gasteiger partial charge in [-0.05, 0) is 0 Å². The third kappa shape index (κ3) is 724. The van der Waals surface area contributed by atoms with Crippen LogP contribution in [0.2, 0.25) is 0 Å². The Morgan fingerprint density at radius 1 is 1.50 bits per heavy atom. The van der Waals surface area contributed by atoms with E-state index in [4.69, 9.17) is 14.4 Å².